The van der Waals surface area contributed by atoms with Crippen LogP contribution in [0.25, 0.3) is 16.6 Å². The number of amides is 1. The molecule has 1 N–H and O–H groups in total. The summed E-state index contributed by atoms with van der Waals surface area (Å²) in [4.78, 5) is 32.5. The molecule has 0 atom stereocenters. The van der Waals surface area contributed by atoms with Crippen molar-refractivity contribution in [3.63, 3.8) is 0 Å². The van der Waals surface area contributed by atoms with Crippen LogP contribution in [0.3, 0.4) is 0 Å². The zero-order valence-corrected chi connectivity index (χ0v) is 16.3. The lowest BCUT2D eigenvalue weighted by molar-refractivity contribution is 0.0747. The summed E-state index contributed by atoms with van der Waals surface area (Å²) in [5, 5.41) is 0.612. The number of carbonyl (C=O) groups is 1. The summed E-state index contributed by atoms with van der Waals surface area (Å²) in [6.07, 6.45) is 1.82. The van der Waals surface area contributed by atoms with Crippen LogP contribution in [0.1, 0.15) is 15.9 Å². The van der Waals surface area contributed by atoms with Crippen molar-refractivity contribution in [1.29, 1.82) is 0 Å². The summed E-state index contributed by atoms with van der Waals surface area (Å²) in [7, 11) is 0. The number of nitrogens with zero attached hydrogens (tertiary/aromatic N) is 3. The van der Waals surface area contributed by atoms with Gasteiger partial charge in [-0.1, -0.05) is 30.3 Å². The van der Waals surface area contributed by atoms with E-state index in [1.807, 2.05) is 39.8 Å². The van der Waals surface area contributed by atoms with Gasteiger partial charge in [-0.25, -0.2) is 0 Å². The zero-order valence-electron chi connectivity index (χ0n) is 16.3. The van der Waals surface area contributed by atoms with Crippen LogP contribution in [0.5, 0.6) is 0 Å². The highest BCUT2D eigenvalue weighted by Gasteiger charge is 2.24. The normalized spacial score (nSPS) is 14.7. The summed E-state index contributed by atoms with van der Waals surface area (Å²) < 4.78 is 1.88. The molecule has 0 bridgehead atoms. The van der Waals surface area contributed by atoms with E-state index < -0.39 is 0 Å². The molecule has 0 spiro atoms. The van der Waals surface area contributed by atoms with Gasteiger partial charge in [-0.3, -0.25) is 9.59 Å². The largest absolute Gasteiger partial charge is 0.368 e. The van der Waals surface area contributed by atoms with Crippen LogP contribution in [-0.2, 0) is 0 Å². The number of H-pyrrole nitrogens is 1. The third kappa shape index (κ3) is 2.97. The van der Waals surface area contributed by atoms with Gasteiger partial charge in [0.1, 0.15) is 5.65 Å². The monoisotopic (exact) mass is 386 g/mol. The number of hydrogen-bond acceptors (Lipinski definition) is 3. The SMILES string of the molecule is Cc1ccccc1N1CCN(C(=O)c2cc3[nH]c(=O)c4ccccc4n3c2)CC1. The van der Waals surface area contributed by atoms with Gasteiger partial charge in [0.15, 0.2) is 0 Å². The van der Waals surface area contributed by atoms with Gasteiger partial charge < -0.3 is 19.2 Å². The molecule has 29 heavy (non-hydrogen) atoms. The molecule has 0 unspecified atom stereocenters. The van der Waals surface area contributed by atoms with E-state index in [0.29, 0.717) is 29.7 Å². The minimum Gasteiger partial charge on any atom is -0.368 e. The molecule has 2 aromatic carbocycles. The predicted octanol–water partition coefficient (Wildman–Crippen LogP) is 3.05. The quantitative estimate of drug-likeness (QED) is 0.576. The fraction of sp³-hybridized carbons (Fsp3) is 0.217. The van der Waals surface area contributed by atoms with Gasteiger partial charge in [0.2, 0.25) is 0 Å². The Bertz CT molecular complexity index is 1280. The molecule has 5 rings (SSSR count). The minimum absolute atomic E-state index is 0.00284. The molecule has 1 fully saturated rings. The van der Waals surface area contributed by atoms with Crippen molar-refractivity contribution in [2.75, 3.05) is 31.1 Å². The summed E-state index contributed by atoms with van der Waals surface area (Å²) >= 11 is 0. The molecule has 0 saturated carbocycles. The molecule has 146 valence electrons. The maximum absolute atomic E-state index is 13.1. The van der Waals surface area contributed by atoms with Gasteiger partial charge >= 0.3 is 0 Å². The molecule has 6 nitrogen and oxygen atoms in total. The van der Waals surface area contributed by atoms with Crippen LogP contribution >= 0.6 is 0 Å². The van der Waals surface area contributed by atoms with Crippen LogP contribution in [0.15, 0.2) is 65.6 Å². The van der Waals surface area contributed by atoms with E-state index in [0.717, 1.165) is 18.6 Å². The number of rotatable bonds is 2. The average Bonchev–Trinajstić information content (AvgIpc) is 3.18. The number of anilines is 1. The van der Waals surface area contributed by atoms with Crippen molar-refractivity contribution < 1.29 is 4.79 Å². The lowest BCUT2D eigenvalue weighted by atomic mass is 10.1. The first kappa shape index (κ1) is 17.6. The molecule has 6 heteroatoms. The Morgan fingerprint density at radius 1 is 0.966 bits per heavy atom. The Hall–Kier alpha value is -3.54. The third-order valence-corrected chi connectivity index (χ3v) is 5.74. The van der Waals surface area contributed by atoms with E-state index in [1.54, 1.807) is 12.1 Å². The lowest BCUT2D eigenvalue weighted by Gasteiger charge is -2.36. The number of fused-ring (bicyclic) bond motifs is 3. The van der Waals surface area contributed by atoms with Gasteiger partial charge in [0.25, 0.3) is 11.5 Å². The third-order valence-electron chi connectivity index (χ3n) is 5.74. The standard InChI is InChI=1S/C23H22N4O2/c1-16-6-2-4-8-19(16)25-10-12-26(13-11-25)23(29)17-14-21-24-22(28)18-7-3-5-9-20(18)27(21)15-17/h2-9,14-15H,10-13H2,1H3,(H,24,28). The van der Waals surface area contributed by atoms with E-state index >= 15 is 0 Å². The molecule has 2 aromatic heterocycles. The van der Waals surface area contributed by atoms with Crippen molar-refractivity contribution in [2.24, 2.45) is 0 Å². The van der Waals surface area contributed by atoms with Crippen molar-refractivity contribution in [2.45, 2.75) is 6.92 Å². The second-order valence-electron chi connectivity index (χ2n) is 7.52. The first-order valence-electron chi connectivity index (χ1n) is 9.85. The van der Waals surface area contributed by atoms with Crippen LogP contribution in [-0.4, -0.2) is 46.4 Å². The summed E-state index contributed by atoms with van der Waals surface area (Å²) in [5.74, 6) is 0.00284. The second-order valence-corrected chi connectivity index (χ2v) is 7.52. The van der Waals surface area contributed by atoms with E-state index in [-0.39, 0.29) is 11.5 Å². The Balaban J connectivity index is 1.40. The number of benzene rings is 2. The molecule has 1 amide bonds. The second kappa shape index (κ2) is 6.81. The van der Waals surface area contributed by atoms with Gasteiger partial charge in [0, 0.05) is 38.1 Å². The number of aromatic nitrogens is 2. The van der Waals surface area contributed by atoms with Crippen LogP contribution in [0, 0.1) is 6.92 Å². The molecule has 4 aromatic rings. The minimum atomic E-state index is -0.142. The molecule has 0 aliphatic carbocycles. The highest BCUT2D eigenvalue weighted by atomic mass is 16.2. The maximum Gasteiger partial charge on any atom is 0.258 e. The Kier molecular flexibility index (Phi) is 4.12. The average molecular weight is 386 g/mol. The van der Waals surface area contributed by atoms with Crippen molar-refractivity contribution in [1.82, 2.24) is 14.3 Å². The number of hydrogen-bond donors (Lipinski definition) is 1. The van der Waals surface area contributed by atoms with Gasteiger partial charge in [-0.05, 0) is 36.8 Å². The van der Waals surface area contributed by atoms with Gasteiger partial charge in [0.05, 0.1) is 16.5 Å². The van der Waals surface area contributed by atoms with Gasteiger partial charge in [-0.15, -0.1) is 0 Å². The van der Waals surface area contributed by atoms with Crippen molar-refractivity contribution in [3.05, 3.63) is 82.3 Å². The fourth-order valence-corrected chi connectivity index (χ4v) is 4.19. The van der Waals surface area contributed by atoms with E-state index in [2.05, 4.69) is 35.0 Å². The first-order chi connectivity index (χ1) is 14.1. The first-order valence-corrected chi connectivity index (χ1v) is 9.85. The zero-order chi connectivity index (χ0) is 20.0. The van der Waals surface area contributed by atoms with E-state index in [4.69, 9.17) is 0 Å². The number of nitrogens with one attached hydrogen (secondary N) is 1. The number of aryl methyl sites for hydroxylation is 1. The maximum atomic E-state index is 13.1. The van der Waals surface area contributed by atoms with E-state index in [1.165, 1.54) is 11.3 Å². The Morgan fingerprint density at radius 3 is 2.48 bits per heavy atom. The van der Waals surface area contributed by atoms with Crippen LogP contribution < -0.4 is 10.5 Å². The number of para-hydroxylation sites is 2. The molecule has 3 heterocycles. The molecule has 0 radical (unpaired) electrons. The fourth-order valence-electron chi connectivity index (χ4n) is 4.19. The highest BCUT2D eigenvalue weighted by molar-refractivity contribution is 5.96. The topological polar surface area (TPSA) is 60.8 Å². The molecule has 1 saturated heterocycles. The molecule has 1 aliphatic heterocycles. The van der Waals surface area contributed by atoms with Crippen LogP contribution in [0.2, 0.25) is 0 Å². The number of piperazine rings is 1. The molecular weight excluding hydrogens is 364 g/mol. The van der Waals surface area contributed by atoms with Gasteiger partial charge in [-0.2, -0.15) is 0 Å². The smallest absolute Gasteiger partial charge is 0.258 e. The number of carbonyl (C=O) groups excluding carboxylic acids is 1. The van der Waals surface area contributed by atoms with Crippen molar-refractivity contribution >= 4 is 28.1 Å². The summed E-state index contributed by atoms with van der Waals surface area (Å²) in [6, 6.07) is 17.5. The Morgan fingerprint density at radius 2 is 1.69 bits per heavy atom. The summed E-state index contributed by atoms with van der Waals surface area (Å²) in [5.41, 5.74) is 4.38. The predicted molar refractivity (Wildman–Crippen MR) is 115 cm³/mol. The summed E-state index contributed by atoms with van der Waals surface area (Å²) in [6.45, 7) is 5.09. The lowest BCUT2D eigenvalue weighted by Crippen LogP contribution is -2.48. The number of aromatic amines is 1. The highest BCUT2D eigenvalue weighted by Crippen LogP contribution is 2.22. The Labute approximate surface area is 168 Å². The molecular formula is C23H22N4O2. The van der Waals surface area contributed by atoms with E-state index in [9.17, 15) is 9.59 Å². The van der Waals surface area contributed by atoms with Crippen LogP contribution in [0.4, 0.5) is 5.69 Å². The van der Waals surface area contributed by atoms with Crippen molar-refractivity contribution in [3.8, 4) is 0 Å². The molecule has 1 aliphatic rings.